The zero-order valence-electron chi connectivity index (χ0n) is 10.5. The first-order valence-corrected chi connectivity index (χ1v) is 7.56. The third kappa shape index (κ3) is 3.50. The van der Waals surface area contributed by atoms with Gasteiger partial charge in [-0.15, -0.1) is 0 Å². The van der Waals surface area contributed by atoms with Gasteiger partial charge in [0, 0.05) is 13.2 Å². The van der Waals surface area contributed by atoms with Gasteiger partial charge in [-0.3, -0.25) is 0 Å². The van der Waals surface area contributed by atoms with E-state index in [2.05, 4.69) is 4.72 Å². The molecule has 0 spiro atoms. The standard InChI is InChI=1S/C12H14F3NO3S/c13-12(14,15)10-5-1-2-6-11(10)20(17,18)16-8-9-4-3-7-19-9/h1-2,5-6,9,16H,3-4,7-8H2. The van der Waals surface area contributed by atoms with Gasteiger partial charge in [0.15, 0.2) is 0 Å². The van der Waals surface area contributed by atoms with Gasteiger partial charge in [-0.25, -0.2) is 13.1 Å². The Morgan fingerprint density at radius 2 is 2.00 bits per heavy atom. The van der Waals surface area contributed by atoms with Crippen LogP contribution in [-0.2, 0) is 20.9 Å². The fourth-order valence-electron chi connectivity index (χ4n) is 2.02. The molecule has 1 fully saturated rings. The third-order valence-electron chi connectivity index (χ3n) is 3.01. The lowest BCUT2D eigenvalue weighted by atomic mass is 10.2. The minimum absolute atomic E-state index is 0.0193. The SMILES string of the molecule is O=S(=O)(NCC1CCCO1)c1ccccc1C(F)(F)F. The number of alkyl halides is 3. The number of hydrogen-bond donors (Lipinski definition) is 1. The first kappa shape index (κ1) is 15.3. The highest BCUT2D eigenvalue weighted by Crippen LogP contribution is 2.33. The van der Waals surface area contributed by atoms with Crippen LogP contribution in [0.5, 0.6) is 0 Å². The summed E-state index contributed by atoms with van der Waals surface area (Å²) >= 11 is 0. The lowest BCUT2D eigenvalue weighted by Crippen LogP contribution is -2.33. The summed E-state index contributed by atoms with van der Waals surface area (Å²) in [6.07, 6.45) is -3.47. The molecule has 1 heterocycles. The molecule has 4 nitrogen and oxygen atoms in total. The molecule has 1 N–H and O–H groups in total. The maximum atomic E-state index is 12.8. The average Bonchev–Trinajstić information content (AvgIpc) is 2.89. The van der Waals surface area contributed by atoms with E-state index in [9.17, 15) is 21.6 Å². The number of hydrogen-bond acceptors (Lipinski definition) is 3. The second kappa shape index (κ2) is 5.71. The fourth-order valence-corrected chi connectivity index (χ4v) is 3.31. The van der Waals surface area contributed by atoms with Crippen molar-refractivity contribution < 1.29 is 26.3 Å². The second-order valence-electron chi connectivity index (χ2n) is 4.48. The van der Waals surface area contributed by atoms with Crippen LogP contribution < -0.4 is 4.72 Å². The van der Waals surface area contributed by atoms with Crippen LogP contribution in [0.25, 0.3) is 0 Å². The number of rotatable bonds is 4. The molecular weight excluding hydrogens is 295 g/mol. The van der Waals surface area contributed by atoms with Crippen molar-refractivity contribution in [1.82, 2.24) is 4.72 Å². The number of benzene rings is 1. The van der Waals surface area contributed by atoms with E-state index in [1.807, 2.05) is 0 Å². The van der Waals surface area contributed by atoms with Crippen LogP contribution in [0.4, 0.5) is 13.2 Å². The maximum Gasteiger partial charge on any atom is 0.417 e. The Morgan fingerprint density at radius 1 is 1.30 bits per heavy atom. The smallest absolute Gasteiger partial charge is 0.377 e. The minimum atomic E-state index is -4.71. The minimum Gasteiger partial charge on any atom is -0.377 e. The van der Waals surface area contributed by atoms with Gasteiger partial charge in [0.1, 0.15) is 0 Å². The average molecular weight is 309 g/mol. The summed E-state index contributed by atoms with van der Waals surface area (Å²) in [6.45, 7) is 0.528. The van der Waals surface area contributed by atoms with Crippen LogP contribution in [0.1, 0.15) is 18.4 Å². The molecule has 1 atom stereocenters. The van der Waals surface area contributed by atoms with Crippen LogP contribution in [0.15, 0.2) is 29.2 Å². The van der Waals surface area contributed by atoms with Gasteiger partial charge in [-0.05, 0) is 25.0 Å². The van der Waals surface area contributed by atoms with E-state index in [1.54, 1.807) is 0 Å². The summed E-state index contributed by atoms with van der Waals surface area (Å²) in [5.41, 5.74) is -1.17. The van der Waals surface area contributed by atoms with E-state index in [0.29, 0.717) is 13.0 Å². The molecule has 8 heteroatoms. The van der Waals surface area contributed by atoms with E-state index in [0.717, 1.165) is 24.6 Å². The molecule has 0 radical (unpaired) electrons. The predicted octanol–water partition coefficient (Wildman–Crippen LogP) is 2.16. The van der Waals surface area contributed by atoms with Crippen molar-refractivity contribution in [3.63, 3.8) is 0 Å². The highest BCUT2D eigenvalue weighted by molar-refractivity contribution is 7.89. The summed E-state index contributed by atoms with van der Waals surface area (Å²) in [4.78, 5) is -0.759. The van der Waals surface area contributed by atoms with Crippen LogP contribution >= 0.6 is 0 Å². The zero-order valence-corrected chi connectivity index (χ0v) is 11.3. The number of nitrogens with one attached hydrogen (secondary N) is 1. The van der Waals surface area contributed by atoms with Crippen molar-refractivity contribution in [2.75, 3.05) is 13.2 Å². The van der Waals surface area contributed by atoms with Crippen LogP contribution in [0.3, 0.4) is 0 Å². The van der Waals surface area contributed by atoms with E-state index in [1.165, 1.54) is 6.07 Å². The lowest BCUT2D eigenvalue weighted by molar-refractivity contribution is -0.139. The molecule has 2 rings (SSSR count). The topological polar surface area (TPSA) is 55.4 Å². The van der Waals surface area contributed by atoms with Gasteiger partial charge in [-0.1, -0.05) is 12.1 Å². The molecule has 0 aromatic heterocycles. The molecule has 20 heavy (non-hydrogen) atoms. The summed E-state index contributed by atoms with van der Waals surface area (Å²) in [5.74, 6) is 0. The van der Waals surface area contributed by atoms with Crippen LogP contribution in [-0.4, -0.2) is 27.7 Å². The maximum absolute atomic E-state index is 12.8. The Morgan fingerprint density at radius 3 is 2.60 bits per heavy atom. The third-order valence-corrected chi connectivity index (χ3v) is 4.49. The Bertz CT molecular complexity index is 566. The molecule has 1 aromatic carbocycles. The van der Waals surface area contributed by atoms with Crippen molar-refractivity contribution in [3.8, 4) is 0 Å². The number of sulfonamides is 1. The first-order valence-electron chi connectivity index (χ1n) is 6.08. The Balaban J connectivity index is 2.20. The van der Waals surface area contributed by atoms with Gasteiger partial charge in [-0.2, -0.15) is 13.2 Å². The molecule has 1 aliphatic rings. The summed E-state index contributed by atoms with van der Waals surface area (Å²) < 4.78 is 69.8. The van der Waals surface area contributed by atoms with Crippen LogP contribution in [0.2, 0.25) is 0 Å². The summed E-state index contributed by atoms with van der Waals surface area (Å²) in [6, 6.07) is 4.11. The van der Waals surface area contributed by atoms with Gasteiger partial charge < -0.3 is 4.74 Å². The fraction of sp³-hybridized carbons (Fsp3) is 0.500. The van der Waals surface area contributed by atoms with Crippen molar-refractivity contribution in [3.05, 3.63) is 29.8 Å². The molecule has 1 aliphatic heterocycles. The Labute approximate surface area is 115 Å². The van der Waals surface area contributed by atoms with Gasteiger partial charge in [0.25, 0.3) is 0 Å². The zero-order chi connectivity index (χ0) is 14.8. The second-order valence-corrected chi connectivity index (χ2v) is 6.22. The van der Waals surface area contributed by atoms with Gasteiger partial charge >= 0.3 is 6.18 Å². The normalized spacial score (nSPS) is 20.2. The Kier molecular flexibility index (Phi) is 4.36. The largest absolute Gasteiger partial charge is 0.417 e. The number of halogens is 3. The molecule has 0 amide bonds. The lowest BCUT2D eigenvalue weighted by Gasteiger charge is -2.15. The van der Waals surface area contributed by atoms with E-state index >= 15 is 0 Å². The van der Waals surface area contributed by atoms with E-state index in [4.69, 9.17) is 4.74 Å². The summed E-state index contributed by atoms with van der Waals surface area (Å²) in [5, 5.41) is 0. The molecule has 0 bridgehead atoms. The highest BCUT2D eigenvalue weighted by atomic mass is 32.2. The van der Waals surface area contributed by atoms with E-state index in [-0.39, 0.29) is 12.6 Å². The van der Waals surface area contributed by atoms with Gasteiger partial charge in [0.05, 0.1) is 16.6 Å². The molecular formula is C12H14F3NO3S. The predicted molar refractivity (Wildman–Crippen MR) is 65.6 cm³/mol. The number of ether oxygens (including phenoxy) is 1. The molecule has 112 valence electrons. The van der Waals surface area contributed by atoms with E-state index < -0.39 is 26.7 Å². The highest BCUT2D eigenvalue weighted by Gasteiger charge is 2.37. The molecule has 1 unspecified atom stereocenters. The molecule has 0 aliphatic carbocycles. The molecule has 0 saturated carbocycles. The molecule has 1 saturated heterocycles. The monoisotopic (exact) mass is 309 g/mol. The molecule has 1 aromatic rings. The first-order chi connectivity index (χ1) is 9.31. The van der Waals surface area contributed by atoms with Crippen LogP contribution in [0, 0.1) is 0 Å². The Hall–Kier alpha value is -1.12. The van der Waals surface area contributed by atoms with Gasteiger partial charge in [0.2, 0.25) is 10.0 Å². The van der Waals surface area contributed by atoms with Crippen molar-refractivity contribution in [1.29, 1.82) is 0 Å². The van der Waals surface area contributed by atoms with Crippen molar-refractivity contribution in [2.24, 2.45) is 0 Å². The summed E-state index contributed by atoms with van der Waals surface area (Å²) in [7, 11) is -4.21. The van der Waals surface area contributed by atoms with Crippen molar-refractivity contribution in [2.45, 2.75) is 30.0 Å². The van der Waals surface area contributed by atoms with Crippen molar-refractivity contribution >= 4 is 10.0 Å². The quantitative estimate of drug-likeness (QED) is 0.927.